The molecular formula is C22H28N2O3. The standard InChI is InChI=1S/C22H28N2O3/c1-2-27-20-10-8-19(9-11-20)21(16-18-6-4-3-5-7-18)23-22(25)17-24-12-14-26-15-13-24/h3-11,21H,2,12-17H2,1H3,(H,23,25). The van der Waals surface area contributed by atoms with E-state index in [4.69, 9.17) is 9.47 Å². The minimum absolute atomic E-state index is 0.0479. The Bertz CT molecular complexity index is 697. The summed E-state index contributed by atoms with van der Waals surface area (Å²) in [6.45, 7) is 6.02. The average molecular weight is 368 g/mol. The molecule has 2 aromatic rings. The molecule has 0 bridgehead atoms. The van der Waals surface area contributed by atoms with Crippen LogP contribution in [-0.2, 0) is 16.0 Å². The number of nitrogens with one attached hydrogen (secondary N) is 1. The highest BCUT2D eigenvalue weighted by atomic mass is 16.5. The van der Waals surface area contributed by atoms with Crippen LogP contribution in [0.25, 0.3) is 0 Å². The molecule has 0 aliphatic carbocycles. The Labute approximate surface area is 161 Å². The van der Waals surface area contributed by atoms with Gasteiger partial charge in [-0.15, -0.1) is 0 Å². The van der Waals surface area contributed by atoms with Gasteiger partial charge in [0, 0.05) is 13.1 Å². The van der Waals surface area contributed by atoms with Crippen molar-refractivity contribution >= 4 is 5.91 Å². The van der Waals surface area contributed by atoms with Crippen molar-refractivity contribution in [2.24, 2.45) is 0 Å². The van der Waals surface area contributed by atoms with Gasteiger partial charge in [0.2, 0.25) is 5.91 Å². The number of rotatable bonds is 8. The number of morpholine rings is 1. The van der Waals surface area contributed by atoms with E-state index in [0.717, 1.165) is 30.8 Å². The number of ether oxygens (including phenoxy) is 2. The summed E-state index contributed by atoms with van der Waals surface area (Å²) in [6.07, 6.45) is 0.754. The Morgan fingerprint density at radius 3 is 2.48 bits per heavy atom. The largest absolute Gasteiger partial charge is 0.494 e. The lowest BCUT2D eigenvalue weighted by Gasteiger charge is -2.27. The number of benzene rings is 2. The summed E-state index contributed by atoms with van der Waals surface area (Å²) in [5.41, 5.74) is 2.28. The number of amides is 1. The third-order valence-corrected chi connectivity index (χ3v) is 4.68. The van der Waals surface area contributed by atoms with E-state index in [1.165, 1.54) is 5.56 Å². The van der Waals surface area contributed by atoms with Gasteiger partial charge in [0.05, 0.1) is 32.4 Å². The predicted molar refractivity (Wildman–Crippen MR) is 106 cm³/mol. The fourth-order valence-electron chi connectivity index (χ4n) is 3.27. The highest BCUT2D eigenvalue weighted by Gasteiger charge is 2.19. The smallest absolute Gasteiger partial charge is 0.234 e. The first-order chi connectivity index (χ1) is 13.2. The molecule has 3 rings (SSSR count). The van der Waals surface area contributed by atoms with Crippen LogP contribution >= 0.6 is 0 Å². The topological polar surface area (TPSA) is 50.8 Å². The van der Waals surface area contributed by atoms with E-state index in [1.54, 1.807) is 0 Å². The van der Waals surface area contributed by atoms with Crippen LogP contribution < -0.4 is 10.1 Å². The van der Waals surface area contributed by atoms with E-state index < -0.39 is 0 Å². The number of hydrogen-bond donors (Lipinski definition) is 1. The normalized spacial score (nSPS) is 15.9. The molecule has 1 aliphatic rings. The van der Waals surface area contributed by atoms with Crippen LogP contribution in [0.1, 0.15) is 24.1 Å². The van der Waals surface area contributed by atoms with Crippen molar-refractivity contribution in [3.05, 3.63) is 65.7 Å². The van der Waals surface area contributed by atoms with Gasteiger partial charge in [-0.3, -0.25) is 9.69 Å². The molecule has 1 unspecified atom stereocenters. The molecule has 0 aromatic heterocycles. The van der Waals surface area contributed by atoms with Gasteiger partial charge in [0.15, 0.2) is 0 Å². The quantitative estimate of drug-likeness (QED) is 0.778. The van der Waals surface area contributed by atoms with Crippen LogP contribution in [0.2, 0.25) is 0 Å². The van der Waals surface area contributed by atoms with Crippen LogP contribution in [-0.4, -0.2) is 50.3 Å². The fourth-order valence-corrected chi connectivity index (χ4v) is 3.27. The Morgan fingerprint density at radius 2 is 1.81 bits per heavy atom. The Balaban J connectivity index is 1.69. The molecule has 1 aliphatic heterocycles. The van der Waals surface area contributed by atoms with Gasteiger partial charge in [-0.25, -0.2) is 0 Å². The van der Waals surface area contributed by atoms with Crippen molar-refractivity contribution in [1.29, 1.82) is 0 Å². The summed E-state index contributed by atoms with van der Waals surface area (Å²) in [4.78, 5) is 14.8. The molecule has 2 aromatic carbocycles. The molecule has 1 atom stereocenters. The predicted octanol–water partition coefficient (Wildman–Crippen LogP) is 2.82. The van der Waals surface area contributed by atoms with Gasteiger partial charge in [-0.2, -0.15) is 0 Å². The molecule has 1 saturated heterocycles. The van der Waals surface area contributed by atoms with Gasteiger partial charge in [0.25, 0.3) is 0 Å². The molecule has 1 amide bonds. The van der Waals surface area contributed by atoms with E-state index >= 15 is 0 Å². The van der Waals surface area contributed by atoms with Crippen LogP contribution in [0.5, 0.6) is 5.75 Å². The van der Waals surface area contributed by atoms with E-state index in [0.29, 0.717) is 26.4 Å². The van der Waals surface area contributed by atoms with Crippen molar-refractivity contribution in [1.82, 2.24) is 10.2 Å². The SMILES string of the molecule is CCOc1ccc(C(Cc2ccccc2)NC(=O)CN2CCOCC2)cc1. The molecule has 0 radical (unpaired) electrons. The van der Waals surface area contributed by atoms with Crippen molar-refractivity contribution in [2.75, 3.05) is 39.5 Å². The number of nitrogens with zero attached hydrogens (tertiary/aromatic N) is 1. The molecule has 1 N–H and O–H groups in total. The van der Waals surface area contributed by atoms with Crippen molar-refractivity contribution < 1.29 is 14.3 Å². The van der Waals surface area contributed by atoms with Gasteiger partial charge < -0.3 is 14.8 Å². The van der Waals surface area contributed by atoms with Gasteiger partial charge in [-0.05, 0) is 36.6 Å². The van der Waals surface area contributed by atoms with E-state index in [1.807, 2.05) is 49.4 Å². The maximum Gasteiger partial charge on any atom is 0.234 e. The van der Waals surface area contributed by atoms with E-state index in [2.05, 4.69) is 22.3 Å². The summed E-state index contributed by atoms with van der Waals surface area (Å²) in [7, 11) is 0. The summed E-state index contributed by atoms with van der Waals surface area (Å²) in [5, 5.41) is 3.22. The first-order valence-corrected chi connectivity index (χ1v) is 9.60. The third-order valence-electron chi connectivity index (χ3n) is 4.68. The molecular weight excluding hydrogens is 340 g/mol. The maximum atomic E-state index is 12.6. The van der Waals surface area contributed by atoms with Gasteiger partial charge in [-0.1, -0.05) is 42.5 Å². The third kappa shape index (κ3) is 6.08. The number of carbonyl (C=O) groups excluding carboxylic acids is 1. The van der Waals surface area contributed by atoms with Crippen LogP contribution in [0.4, 0.5) is 0 Å². The minimum Gasteiger partial charge on any atom is -0.494 e. The second-order valence-corrected chi connectivity index (χ2v) is 6.70. The lowest BCUT2D eigenvalue weighted by atomic mass is 9.98. The zero-order valence-electron chi connectivity index (χ0n) is 15.9. The van der Waals surface area contributed by atoms with Gasteiger partial charge >= 0.3 is 0 Å². The highest BCUT2D eigenvalue weighted by molar-refractivity contribution is 5.78. The molecule has 0 saturated carbocycles. The molecule has 1 heterocycles. The van der Waals surface area contributed by atoms with Crippen molar-refractivity contribution in [2.45, 2.75) is 19.4 Å². The van der Waals surface area contributed by atoms with Crippen molar-refractivity contribution in [3.63, 3.8) is 0 Å². The lowest BCUT2D eigenvalue weighted by molar-refractivity contribution is -0.124. The Hall–Kier alpha value is -2.37. The zero-order chi connectivity index (χ0) is 18.9. The Morgan fingerprint density at radius 1 is 1.11 bits per heavy atom. The van der Waals surface area contributed by atoms with Gasteiger partial charge in [0.1, 0.15) is 5.75 Å². The van der Waals surface area contributed by atoms with Crippen molar-refractivity contribution in [3.8, 4) is 5.75 Å². The first-order valence-electron chi connectivity index (χ1n) is 9.60. The highest BCUT2D eigenvalue weighted by Crippen LogP contribution is 2.21. The molecule has 144 valence electrons. The van der Waals surface area contributed by atoms with Crippen LogP contribution in [0.3, 0.4) is 0 Å². The lowest BCUT2D eigenvalue weighted by Crippen LogP contribution is -2.44. The zero-order valence-corrected chi connectivity index (χ0v) is 15.9. The molecule has 0 spiro atoms. The maximum absolute atomic E-state index is 12.6. The molecule has 1 fully saturated rings. The number of hydrogen-bond acceptors (Lipinski definition) is 4. The second-order valence-electron chi connectivity index (χ2n) is 6.70. The Kier molecular flexibility index (Phi) is 7.25. The average Bonchev–Trinajstić information content (AvgIpc) is 2.70. The van der Waals surface area contributed by atoms with E-state index in [-0.39, 0.29) is 11.9 Å². The molecule has 5 heteroatoms. The monoisotopic (exact) mass is 368 g/mol. The summed E-state index contributed by atoms with van der Waals surface area (Å²) in [5.74, 6) is 0.895. The van der Waals surface area contributed by atoms with Crippen LogP contribution in [0, 0.1) is 0 Å². The minimum atomic E-state index is -0.0726. The first kappa shape index (κ1) is 19.4. The summed E-state index contributed by atoms with van der Waals surface area (Å²) in [6, 6.07) is 18.2. The molecule has 27 heavy (non-hydrogen) atoms. The van der Waals surface area contributed by atoms with Crippen LogP contribution in [0.15, 0.2) is 54.6 Å². The molecule has 5 nitrogen and oxygen atoms in total. The second kappa shape index (κ2) is 10.1. The fraction of sp³-hybridized carbons (Fsp3) is 0.409. The summed E-state index contributed by atoms with van der Waals surface area (Å²) >= 11 is 0. The summed E-state index contributed by atoms with van der Waals surface area (Å²) < 4.78 is 10.9. The van der Waals surface area contributed by atoms with E-state index in [9.17, 15) is 4.79 Å². The number of carbonyl (C=O) groups is 1.